The van der Waals surface area contributed by atoms with E-state index >= 15 is 0 Å². The van der Waals surface area contributed by atoms with Crippen molar-refractivity contribution >= 4 is 21.7 Å². The van der Waals surface area contributed by atoms with Crippen molar-refractivity contribution in [3.8, 4) is 0 Å². The van der Waals surface area contributed by atoms with E-state index < -0.39 is 10.0 Å². The number of hydrogen-bond donors (Lipinski definition) is 1. The monoisotopic (exact) mass is 331 g/mol. The summed E-state index contributed by atoms with van der Waals surface area (Å²) in [6.45, 7) is 1.93. The zero-order valence-corrected chi connectivity index (χ0v) is 13.1. The number of nitrogens with one attached hydrogen (secondary N) is 1. The Kier molecular flexibility index (Phi) is 3.01. The van der Waals surface area contributed by atoms with Crippen molar-refractivity contribution in [1.29, 1.82) is 0 Å². The van der Waals surface area contributed by atoms with E-state index in [0.717, 1.165) is 30.7 Å². The lowest BCUT2D eigenvalue weighted by atomic mass is 10.2. The highest BCUT2D eigenvalue weighted by molar-refractivity contribution is 7.92. The molecule has 0 amide bonds. The molecular weight excluding hydrogens is 318 g/mol. The SMILES string of the molecule is Cc1nc2nc(NS(=O)(=O)c3ncccn3)nn2c2c1CCC2. The normalized spacial score (nSPS) is 14.1. The van der Waals surface area contributed by atoms with Crippen LogP contribution in [-0.4, -0.2) is 38.0 Å². The minimum Gasteiger partial charge on any atom is -0.243 e. The molecule has 0 bridgehead atoms. The Morgan fingerprint density at radius 2 is 1.96 bits per heavy atom. The van der Waals surface area contributed by atoms with Crippen LogP contribution in [0, 0.1) is 6.92 Å². The molecule has 0 radical (unpaired) electrons. The highest BCUT2D eigenvalue weighted by Crippen LogP contribution is 2.25. The number of hydrogen-bond acceptors (Lipinski definition) is 7. The van der Waals surface area contributed by atoms with Gasteiger partial charge in [0.25, 0.3) is 26.9 Å². The largest absolute Gasteiger partial charge is 0.300 e. The van der Waals surface area contributed by atoms with Gasteiger partial charge in [-0.15, -0.1) is 5.10 Å². The molecule has 0 unspecified atom stereocenters. The van der Waals surface area contributed by atoms with Gasteiger partial charge in [0, 0.05) is 18.1 Å². The van der Waals surface area contributed by atoms with Crippen LogP contribution in [0.5, 0.6) is 0 Å². The summed E-state index contributed by atoms with van der Waals surface area (Å²) in [6.07, 6.45) is 5.60. The third kappa shape index (κ3) is 2.31. The van der Waals surface area contributed by atoms with Gasteiger partial charge in [0.2, 0.25) is 0 Å². The van der Waals surface area contributed by atoms with E-state index in [4.69, 9.17) is 0 Å². The molecular formula is C13H13N7O2S. The maximum atomic E-state index is 12.2. The second-order valence-electron chi connectivity index (χ2n) is 5.26. The third-order valence-electron chi connectivity index (χ3n) is 3.75. The summed E-state index contributed by atoms with van der Waals surface area (Å²) in [5.74, 6) is 0.347. The Bertz CT molecular complexity index is 998. The summed E-state index contributed by atoms with van der Waals surface area (Å²) >= 11 is 0. The fraction of sp³-hybridized carbons (Fsp3) is 0.308. The van der Waals surface area contributed by atoms with Crippen molar-refractivity contribution in [2.45, 2.75) is 31.3 Å². The molecule has 10 heteroatoms. The summed E-state index contributed by atoms with van der Waals surface area (Å²) in [5.41, 5.74) is 3.13. The summed E-state index contributed by atoms with van der Waals surface area (Å²) in [4.78, 5) is 16.0. The van der Waals surface area contributed by atoms with Crippen molar-refractivity contribution in [1.82, 2.24) is 29.5 Å². The van der Waals surface area contributed by atoms with Crippen molar-refractivity contribution < 1.29 is 8.42 Å². The van der Waals surface area contributed by atoms with Crippen LogP contribution < -0.4 is 4.72 Å². The Labute approximate surface area is 131 Å². The predicted molar refractivity (Wildman–Crippen MR) is 80.4 cm³/mol. The molecule has 0 saturated heterocycles. The molecule has 1 aliphatic rings. The summed E-state index contributed by atoms with van der Waals surface area (Å²) in [7, 11) is -3.92. The number of aryl methyl sites for hydroxylation is 2. The van der Waals surface area contributed by atoms with E-state index in [1.54, 1.807) is 4.52 Å². The smallest absolute Gasteiger partial charge is 0.243 e. The molecule has 3 heterocycles. The van der Waals surface area contributed by atoms with Crippen LogP contribution in [0.15, 0.2) is 23.6 Å². The molecule has 4 rings (SSSR count). The average molecular weight is 331 g/mol. The predicted octanol–water partition coefficient (Wildman–Crippen LogP) is 0.512. The quantitative estimate of drug-likeness (QED) is 0.695. The van der Waals surface area contributed by atoms with E-state index in [1.807, 2.05) is 6.92 Å². The molecule has 0 aliphatic heterocycles. The van der Waals surface area contributed by atoms with Gasteiger partial charge in [0.1, 0.15) is 0 Å². The van der Waals surface area contributed by atoms with Gasteiger partial charge in [-0.3, -0.25) is 0 Å². The molecule has 0 atom stereocenters. The lowest BCUT2D eigenvalue weighted by molar-refractivity contribution is 0.591. The topological polar surface area (TPSA) is 115 Å². The highest BCUT2D eigenvalue weighted by Gasteiger charge is 2.23. The number of aromatic nitrogens is 6. The Morgan fingerprint density at radius 1 is 1.17 bits per heavy atom. The molecule has 23 heavy (non-hydrogen) atoms. The van der Waals surface area contributed by atoms with Crippen LogP contribution in [0.2, 0.25) is 0 Å². The van der Waals surface area contributed by atoms with Crippen LogP contribution in [-0.2, 0) is 22.9 Å². The first-order valence-electron chi connectivity index (χ1n) is 7.09. The molecule has 0 saturated carbocycles. The summed E-state index contributed by atoms with van der Waals surface area (Å²) in [6, 6.07) is 1.54. The van der Waals surface area contributed by atoms with Crippen molar-refractivity contribution in [2.24, 2.45) is 0 Å². The van der Waals surface area contributed by atoms with Crippen LogP contribution in [0.4, 0.5) is 5.95 Å². The van der Waals surface area contributed by atoms with Gasteiger partial charge in [-0.25, -0.2) is 19.7 Å². The van der Waals surface area contributed by atoms with Gasteiger partial charge in [-0.1, -0.05) is 0 Å². The van der Waals surface area contributed by atoms with Crippen LogP contribution >= 0.6 is 0 Å². The lowest BCUT2D eigenvalue weighted by Crippen LogP contribution is -2.16. The van der Waals surface area contributed by atoms with Crippen LogP contribution in [0.3, 0.4) is 0 Å². The lowest BCUT2D eigenvalue weighted by Gasteiger charge is -2.03. The molecule has 118 valence electrons. The van der Waals surface area contributed by atoms with Gasteiger partial charge in [-0.05, 0) is 37.8 Å². The second kappa shape index (κ2) is 4.95. The molecule has 1 aliphatic carbocycles. The zero-order valence-electron chi connectivity index (χ0n) is 12.3. The number of nitrogens with zero attached hydrogens (tertiary/aromatic N) is 6. The van der Waals surface area contributed by atoms with E-state index in [-0.39, 0.29) is 11.1 Å². The van der Waals surface area contributed by atoms with Crippen molar-refractivity contribution in [3.63, 3.8) is 0 Å². The average Bonchev–Trinajstić information content (AvgIpc) is 3.14. The van der Waals surface area contributed by atoms with Crippen molar-refractivity contribution in [2.75, 3.05) is 4.72 Å². The van der Waals surface area contributed by atoms with Gasteiger partial charge in [-0.2, -0.15) is 17.9 Å². The number of fused-ring (bicyclic) bond motifs is 3. The first-order chi connectivity index (χ1) is 11.0. The van der Waals surface area contributed by atoms with E-state index in [9.17, 15) is 8.42 Å². The Balaban J connectivity index is 1.76. The fourth-order valence-corrected chi connectivity index (χ4v) is 3.58. The molecule has 0 spiro atoms. The second-order valence-corrected chi connectivity index (χ2v) is 6.84. The van der Waals surface area contributed by atoms with E-state index in [2.05, 4.69) is 29.8 Å². The zero-order chi connectivity index (χ0) is 16.0. The van der Waals surface area contributed by atoms with E-state index in [1.165, 1.54) is 24.0 Å². The van der Waals surface area contributed by atoms with Crippen LogP contribution in [0.1, 0.15) is 23.4 Å². The number of rotatable bonds is 3. The maximum Gasteiger partial charge on any atom is 0.300 e. The Morgan fingerprint density at radius 3 is 2.74 bits per heavy atom. The minimum atomic E-state index is -3.92. The Hall–Kier alpha value is -2.62. The first kappa shape index (κ1) is 14.0. The van der Waals surface area contributed by atoms with E-state index in [0.29, 0.717) is 5.78 Å². The van der Waals surface area contributed by atoms with Crippen molar-refractivity contribution in [3.05, 3.63) is 35.4 Å². The third-order valence-corrected chi connectivity index (χ3v) is 4.89. The molecule has 0 aromatic carbocycles. The molecule has 9 nitrogen and oxygen atoms in total. The molecule has 0 fully saturated rings. The van der Waals surface area contributed by atoms with Gasteiger partial charge < -0.3 is 0 Å². The number of sulfonamides is 1. The van der Waals surface area contributed by atoms with Crippen LogP contribution in [0.25, 0.3) is 5.78 Å². The fourth-order valence-electron chi connectivity index (χ4n) is 2.76. The highest BCUT2D eigenvalue weighted by atomic mass is 32.2. The first-order valence-corrected chi connectivity index (χ1v) is 8.58. The standard InChI is InChI=1S/C13H13N7O2S/c1-8-9-4-2-5-10(9)20-12(16-8)17-11(18-20)19-23(21,22)13-14-6-3-7-15-13/h3,6-7H,2,4-5H2,1H3,(H,18,19). The molecule has 1 N–H and O–H groups in total. The summed E-state index contributed by atoms with van der Waals surface area (Å²) < 4.78 is 28.4. The molecule has 3 aromatic rings. The molecule has 3 aromatic heterocycles. The maximum absolute atomic E-state index is 12.2. The number of anilines is 1. The summed E-state index contributed by atoms with van der Waals surface area (Å²) in [5, 5.41) is 3.91. The van der Waals surface area contributed by atoms with Gasteiger partial charge in [0.05, 0.1) is 5.69 Å². The minimum absolute atomic E-state index is 0.0374. The van der Waals surface area contributed by atoms with Gasteiger partial charge in [0.15, 0.2) is 0 Å². The van der Waals surface area contributed by atoms with Gasteiger partial charge >= 0.3 is 0 Å².